The van der Waals surface area contributed by atoms with Gasteiger partial charge in [0.15, 0.2) is 0 Å². The van der Waals surface area contributed by atoms with Crippen LogP contribution in [0.1, 0.15) is 30.1 Å². The van der Waals surface area contributed by atoms with Gasteiger partial charge in [-0.25, -0.2) is 8.42 Å². The van der Waals surface area contributed by atoms with Crippen LogP contribution in [0.5, 0.6) is 0 Å². The molecule has 1 aromatic rings. The highest BCUT2D eigenvalue weighted by Gasteiger charge is 2.41. The van der Waals surface area contributed by atoms with Gasteiger partial charge in [0.1, 0.15) is 0 Å². The molecule has 1 aromatic carbocycles. The predicted octanol–water partition coefficient (Wildman–Crippen LogP) is 0.0861. The Morgan fingerprint density at radius 3 is 2.48 bits per heavy atom. The average Bonchev–Trinajstić information content (AvgIpc) is 3.47. The first-order valence-corrected chi connectivity index (χ1v) is 10.1. The summed E-state index contributed by atoms with van der Waals surface area (Å²) in [5.41, 5.74) is 5.75. The van der Waals surface area contributed by atoms with E-state index in [2.05, 4.69) is 10.6 Å². The summed E-state index contributed by atoms with van der Waals surface area (Å²) < 4.78 is 26.4. The number of nitrogens with zero attached hydrogens (tertiary/aromatic N) is 1. The Kier molecular flexibility index (Phi) is 6.51. The molecular formula is C17H25ClN4O4S. The Labute approximate surface area is 165 Å². The lowest BCUT2D eigenvalue weighted by Crippen LogP contribution is -2.53. The number of nitrogens with one attached hydrogen (secondary N) is 2. The summed E-state index contributed by atoms with van der Waals surface area (Å²) in [6.45, 7) is 2.61. The molecule has 27 heavy (non-hydrogen) atoms. The number of nitrogens with two attached hydrogens (primary N) is 1. The molecule has 1 saturated heterocycles. The van der Waals surface area contributed by atoms with Crippen molar-refractivity contribution in [2.45, 2.75) is 30.2 Å². The smallest absolute Gasteiger partial charge is 0.251 e. The van der Waals surface area contributed by atoms with Crippen LogP contribution in [0.3, 0.4) is 0 Å². The monoisotopic (exact) mass is 416 g/mol. The first kappa shape index (κ1) is 21.6. The summed E-state index contributed by atoms with van der Waals surface area (Å²) in [5, 5.41) is 5.56. The molecule has 1 aliphatic heterocycles. The van der Waals surface area contributed by atoms with Gasteiger partial charge in [0.25, 0.3) is 5.91 Å². The van der Waals surface area contributed by atoms with E-state index in [4.69, 9.17) is 5.73 Å². The topological polar surface area (TPSA) is 122 Å². The van der Waals surface area contributed by atoms with E-state index in [9.17, 15) is 18.0 Å². The van der Waals surface area contributed by atoms with E-state index in [1.165, 1.54) is 24.3 Å². The largest absolute Gasteiger partial charge is 0.354 e. The van der Waals surface area contributed by atoms with Gasteiger partial charge in [0.05, 0.1) is 17.0 Å². The number of halogens is 1. The number of hydrogen-bond acceptors (Lipinski definition) is 5. The Bertz CT molecular complexity index is 811. The molecule has 0 spiro atoms. The van der Waals surface area contributed by atoms with Crippen LogP contribution in [0.4, 0.5) is 0 Å². The maximum absolute atomic E-state index is 12.6. The maximum Gasteiger partial charge on any atom is 0.251 e. The van der Waals surface area contributed by atoms with Gasteiger partial charge in [0, 0.05) is 25.2 Å². The van der Waals surface area contributed by atoms with Crippen molar-refractivity contribution in [1.82, 2.24) is 14.9 Å². The Morgan fingerprint density at radius 1 is 1.33 bits per heavy atom. The van der Waals surface area contributed by atoms with Crippen molar-refractivity contribution >= 4 is 34.2 Å². The molecule has 0 radical (unpaired) electrons. The van der Waals surface area contributed by atoms with E-state index in [0.29, 0.717) is 18.0 Å². The minimum absolute atomic E-state index is 0. The fourth-order valence-electron chi connectivity index (χ4n) is 3.12. The number of carbonyl (C=O) groups is 2. The van der Waals surface area contributed by atoms with E-state index in [0.717, 1.165) is 17.1 Å². The Balaban J connectivity index is 0.00000261. The van der Waals surface area contributed by atoms with Gasteiger partial charge in [-0.3, -0.25) is 9.59 Å². The van der Waals surface area contributed by atoms with Crippen molar-refractivity contribution in [2.24, 2.45) is 11.7 Å². The quantitative estimate of drug-likeness (QED) is 0.606. The van der Waals surface area contributed by atoms with Gasteiger partial charge >= 0.3 is 0 Å². The van der Waals surface area contributed by atoms with Crippen molar-refractivity contribution < 1.29 is 18.0 Å². The summed E-state index contributed by atoms with van der Waals surface area (Å²) in [6, 6.07) is 5.76. The third kappa shape index (κ3) is 4.60. The normalized spacial score (nSPS) is 20.1. The summed E-state index contributed by atoms with van der Waals surface area (Å²) in [4.78, 5) is 24.0. The van der Waals surface area contributed by atoms with Gasteiger partial charge in [-0.1, -0.05) is 0 Å². The van der Waals surface area contributed by atoms with E-state index >= 15 is 0 Å². The summed E-state index contributed by atoms with van der Waals surface area (Å²) in [7, 11) is -3.76. The third-order valence-corrected chi connectivity index (χ3v) is 6.92. The molecule has 3 rings (SSSR count). The second-order valence-corrected chi connectivity index (χ2v) is 9.00. The average molecular weight is 417 g/mol. The van der Waals surface area contributed by atoms with E-state index in [-0.39, 0.29) is 48.8 Å². The lowest BCUT2D eigenvalue weighted by Gasteiger charge is -2.29. The molecule has 2 aliphatic rings. The molecular weight excluding hydrogens is 392 g/mol. The SMILES string of the molecule is CC(CN)(NC(=O)c1ccc(S(=O)(=O)N2CCNC(=O)C2)cc1)C1CC1.Cl. The minimum Gasteiger partial charge on any atom is -0.354 e. The van der Waals surface area contributed by atoms with Gasteiger partial charge in [-0.2, -0.15) is 4.31 Å². The fraction of sp³-hybridized carbons (Fsp3) is 0.529. The lowest BCUT2D eigenvalue weighted by molar-refractivity contribution is -0.122. The lowest BCUT2D eigenvalue weighted by atomic mass is 9.95. The molecule has 150 valence electrons. The van der Waals surface area contributed by atoms with E-state index in [1.807, 2.05) is 6.92 Å². The van der Waals surface area contributed by atoms with Crippen molar-refractivity contribution in [3.8, 4) is 0 Å². The number of hydrogen-bond donors (Lipinski definition) is 3. The molecule has 8 nitrogen and oxygen atoms in total. The second-order valence-electron chi connectivity index (χ2n) is 7.06. The number of rotatable bonds is 6. The molecule has 0 bridgehead atoms. The molecule has 0 aromatic heterocycles. The number of carbonyl (C=O) groups excluding carboxylic acids is 2. The van der Waals surface area contributed by atoms with Crippen LogP contribution in [0.25, 0.3) is 0 Å². The van der Waals surface area contributed by atoms with Crippen LogP contribution in [0.15, 0.2) is 29.2 Å². The van der Waals surface area contributed by atoms with Crippen molar-refractivity contribution in [1.29, 1.82) is 0 Å². The van der Waals surface area contributed by atoms with Gasteiger partial charge in [-0.15, -0.1) is 12.4 Å². The van der Waals surface area contributed by atoms with Crippen LogP contribution >= 0.6 is 12.4 Å². The molecule has 2 fully saturated rings. The zero-order chi connectivity index (χ0) is 18.9. The van der Waals surface area contributed by atoms with Gasteiger partial charge in [-0.05, 0) is 49.9 Å². The van der Waals surface area contributed by atoms with Crippen LogP contribution in [-0.4, -0.2) is 56.3 Å². The number of benzene rings is 1. The highest BCUT2D eigenvalue weighted by Crippen LogP contribution is 2.39. The minimum atomic E-state index is -3.76. The first-order valence-electron chi connectivity index (χ1n) is 8.66. The molecule has 4 N–H and O–H groups in total. The molecule has 1 atom stereocenters. The number of piperazine rings is 1. The zero-order valence-corrected chi connectivity index (χ0v) is 16.7. The number of sulfonamides is 1. The standard InChI is InChI=1S/C17H24N4O4S.ClH/c1-17(11-18,13-4-5-13)20-16(23)12-2-6-14(7-3-12)26(24,25)21-9-8-19-15(22)10-21;/h2-3,6-7,13H,4-5,8-11,18H2,1H3,(H,19,22)(H,20,23);1H. The van der Waals surface area contributed by atoms with Crippen molar-refractivity contribution in [3.05, 3.63) is 29.8 Å². The summed E-state index contributed by atoms with van der Waals surface area (Å²) in [6.07, 6.45) is 2.10. The van der Waals surface area contributed by atoms with Crippen LogP contribution in [0, 0.1) is 5.92 Å². The molecule has 1 saturated carbocycles. The first-order chi connectivity index (χ1) is 12.3. The molecule has 1 unspecified atom stereocenters. The Hall–Kier alpha value is -1.68. The summed E-state index contributed by atoms with van der Waals surface area (Å²) in [5.74, 6) is -0.204. The molecule has 1 aliphatic carbocycles. The predicted molar refractivity (Wildman–Crippen MR) is 103 cm³/mol. The van der Waals surface area contributed by atoms with E-state index in [1.54, 1.807) is 0 Å². The third-order valence-electron chi connectivity index (χ3n) is 5.06. The zero-order valence-electron chi connectivity index (χ0n) is 15.1. The molecule has 2 amide bonds. The van der Waals surface area contributed by atoms with Gasteiger partial charge in [0.2, 0.25) is 15.9 Å². The molecule has 10 heteroatoms. The van der Waals surface area contributed by atoms with Crippen LogP contribution in [0.2, 0.25) is 0 Å². The second kappa shape index (κ2) is 8.14. The van der Waals surface area contributed by atoms with Crippen LogP contribution < -0.4 is 16.4 Å². The van der Waals surface area contributed by atoms with E-state index < -0.39 is 15.6 Å². The maximum atomic E-state index is 12.6. The Morgan fingerprint density at radius 2 is 1.96 bits per heavy atom. The van der Waals surface area contributed by atoms with Crippen molar-refractivity contribution in [3.63, 3.8) is 0 Å². The highest BCUT2D eigenvalue weighted by atomic mass is 35.5. The summed E-state index contributed by atoms with van der Waals surface area (Å²) >= 11 is 0. The number of amides is 2. The van der Waals surface area contributed by atoms with Gasteiger partial charge < -0.3 is 16.4 Å². The fourth-order valence-corrected chi connectivity index (χ4v) is 4.52. The van der Waals surface area contributed by atoms with Crippen LogP contribution in [-0.2, 0) is 14.8 Å². The van der Waals surface area contributed by atoms with Crippen molar-refractivity contribution in [2.75, 3.05) is 26.2 Å². The molecule has 1 heterocycles. The highest BCUT2D eigenvalue weighted by molar-refractivity contribution is 7.89.